The molecule has 0 aromatic heterocycles. The smallest absolute Gasteiger partial charge is 0.328 e. The Morgan fingerprint density at radius 2 is 1.85 bits per heavy atom. The molecule has 0 bridgehead atoms. The van der Waals surface area contributed by atoms with Crippen molar-refractivity contribution in [3.05, 3.63) is 0 Å². The van der Waals surface area contributed by atoms with E-state index < -0.39 is 30.1 Å². The van der Waals surface area contributed by atoms with Crippen LogP contribution in [0.1, 0.15) is 26.7 Å². The summed E-state index contributed by atoms with van der Waals surface area (Å²) < 4.78 is 14.5. The van der Waals surface area contributed by atoms with E-state index in [1.165, 1.54) is 13.8 Å². The third-order valence-electron chi connectivity index (χ3n) is 2.50. The van der Waals surface area contributed by atoms with Gasteiger partial charge in [0.2, 0.25) is 5.91 Å². The standard InChI is InChI=1S/C12H17NO7/c1-7(14)18-5-9(20-8(2)15)6-19-12(17)10-3-4-11(16)13-10/h9-10H,3-6H2,1-2H3,(H,13,16). The second kappa shape index (κ2) is 7.46. The molecule has 0 spiro atoms. The molecule has 1 aliphatic rings. The molecule has 2 atom stereocenters. The fourth-order valence-corrected chi connectivity index (χ4v) is 1.63. The lowest BCUT2D eigenvalue weighted by Gasteiger charge is -2.18. The van der Waals surface area contributed by atoms with Gasteiger partial charge in [-0.25, -0.2) is 4.79 Å². The van der Waals surface area contributed by atoms with Gasteiger partial charge in [0.05, 0.1) is 0 Å². The molecule has 2 unspecified atom stereocenters. The van der Waals surface area contributed by atoms with Gasteiger partial charge in [-0.15, -0.1) is 0 Å². The highest BCUT2D eigenvalue weighted by molar-refractivity contribution is 5.88. The summed E-state index contributed by atoms with van der Waals surface area (Å²) >= 11 is 0. The van der Waals surface area contributed by atoms with E-state index in [0.29, 0.717) is 6.42 Å². The molecule has 8 heteroatoms. The molecule has 1 rings (SSSR count). The minimum atomic E-state index is -0.863. The molecule has 1 aliphatic heterocycles. The first-order chi connectivity index (χ1) is 9.38. The van der Waals surface area contributed by atoms with Crippen molar-refractivity contribution < 1.29 is 33.4 Å². The number of carbonyl (C=O) groups is 4. The Balaban J connectivity index is 2.39. The van der Waals surface area contributed by atoms with Crippen LogP contribution >= 0.6 is 0 Å². The lowest BCUT2D eigenvalue weighted by molar-refractivity contribution is -0.165. The van der Waals surface area contributed by atoms with Gasteiger partial charge >= 0.3 is 17.9 Å². The summed E-state index contributed by atoms with van der Waals surface area (Å²) in [6.07, 6.45) is -0.210. The molecule has 0 aromatic carbocycles. The minimum absolute atomic E-state index is 0.195. The monoisotopic (exact) mass is 287 g/mol. The van der Waals surface area contributed by atoms with Gasteiger partial charge in [-0.2, -0.15) is 0 Å². The summed E-state index contributed by atoms with van der Waals surface area (Å²) in [5.74, 6) is -1.91. The maximum atomic E-state index is 11.6. The Kier molecular flexibility index (Phi) is 5.95. The Bertz CT molecular complexity index is 407. The van der Waals surface area contributed by atoms with Gasteiger partial charge in [0, 0.05) is 20.3 Å². The van der Waals surface area contributed by atoms with Gasteiger partial charge in [-0.05, 0) is 6.42 Å². The predicted molar refractivity (Wildman–Crippen MR) is 64.3 cm³/mol. The van der Waals surface area contributed by atoms with Crippen LogP contribution in [0.5, 0.6) is 0 Å². The second-order valence-electron chi connectivity index (χ2n) is 4.32. The zero-order chi connectivity index (χ0) is 15.1. The molecule has 8 nitrogen and oxygen atoms in total. The van der Waals surface area contributed by atoms with E-state index in [0.717, 1.165) is 0 Å². The van der Waals surface area contributed by atoms with Crippen molar-refractivity contribution in [3.63, 3.8) is 0 Å². The average Bonchev–Trinajstić information content (AvgIpc) is 2.78. The summed E-state index contributed by atoms with van der Waals surface area (Å²) in [7, 11) is 0. The van der Waals surface area contributed by atoms with Crippen molar-refractivity contribution in [1.29, 1.82) is 0 Å². The van der Waals surface area contributed by atoms with Gasteiger partial charge in [0.25, 0.3) is 0 Å². The van der Waals surface area contributed by atoms with Crippen LogP contribution in [-0.2, 0) is 33.4 Å². The lowest BCUT2D eigenvalue weighted by Crippen LogP contribution is -2.37. The number of nitrogens with one attached hydrogen (secondary N) is 1. The van der Waals surface area contributed by atoms with Crippen molar-refractivity contribution in [2.24, 2.45) is 0 Å². The number of hydrogen-bond acceptors (Lipinski definition) is 7. The van der Waals surface area contributed by atoms with Crippen molar-refractivity contribution in [2.45, 2.75) is 38.8 Å². The molecule has 1 fully saturated rings. The SMILES string of the molecule is CC(=O)OCC(COC(=O)C1CCC(=O)N1)OC(C)=O. The molecule has 0 radical (unpaired) electrons. The summed E-state index contributed by atoms with van der Waals surface area (Å²) in [4.78, 5) is 44.2. The molecule has 0 aliphatic carbocycles. The first-order valence-electron chi connectivity index (χ1n) is 6.15. The van der Waals surface area contributed by atoms with Crippen LogP contribution in [0.3, 0.4) is 0 Å². The van der Waals surface area contributed by atoms with Crippen LogP contribution in [0.4, 0.5) is 0 Å². The summed E-state index contributed by atoms with van der Waals surface area (Å²) in [6.45, 7) is 1.97. The van der Waals surface area contributed by atoms with Crippen molar-refractivity contribution in [2.75, 3.05) is 13.2 Å². The van der Waals surface area contributed by atoms with E-state index in [1.54, 1.807) is 0 Å². The fourth-order valence-electron chi connectivity index (χ4n) is 1.63. The molecule has 1 saturated heterocycles. The van der Waals surface area contributed by atoms with Crippen LogP contribution < -0.4 is 5.32 Å². The summed E-state index contributed by atoms with van der Waals surface area (Å²) in [5, 5.41) is 2.46. The molecule has 112 valence electrons. The first kappa shape index (κ1) is 15.9. The second-order valence-corrected chi connectivity index (χ2v) is 4.32. The van der Waals surface area contributed by atoms with Crippen LogP contribution in [0.2, 0.25) is 0 Å². The summed E-state index contributed by atoms with van der Waals surface area (Å²) in [5.41, 5.74) is 0. The molecule has 0 aromatic rings. The van der Waals surface area contributed by atoms with Gasteiger partial charge < -0.3 is 19.5 Å². The quantitative estimate of drug-likeness (QED) is 0.508. The zero-order valence-electron chi connectivity index (χ0n) is 11.3. The molecule has 0 saturated carbocycles. The highest BCUT2D eigenvalue weighted by atomic mass is 16.6. The number of carbonyl (C=O) groups excluding carboxylic acids is 4. The molecular formula is C12H17NO7. The third kappa shape index (κ3) is 5.68. The molecule has 20 heavy (non-hydrogen) atoms. The zero-order valence-corrected chi connectivity index (χ0v) is 11.3. The maximum Gasteiger partial charge on any atom is 0.328 e. The Morgan fingerprint density at radius 1 is 1.20 bits per heavy atom. The largest absolute Gasteiger partial charge is 0.462 e. The number of esters is 3. The van der Waals surface area contributed by atoms with Crippen molar-refractivity contribution in [1.82, 2.24) is 5.32 Å². The molecular weight excluding hydrogens is 270 g/mol. The van der Waals surface area contributed by atoms with E-state index in [2.05, 4.69) is 5.32 Å². The highest BCUT2D eigenvalue weighted by Gasteiger charge is 2.29. The van der Waals surface area contributed by atoms with E-state index in [1.807, 2.05) is 0 Å². The minimum Gasteiger partial charge on any atom is -0.462 e. The molecule has 1 heterocycles. The van der Waals surface area contributed by atoms with Gasteiger partial charge in [0.15, 0.2) is 6.10 Å². The molecule has 1 N–H and O–H groups in total. The predicted octanol–water partition coefficient (Wildman–Crippen LogP) is -0.697. The Morgan fingerprint density at radius 3 is 2.35 bits per heavy atom. The van der Waals surface area contributed by atoms with E-state index in [-0.39, 0.29) is 25.5 Å². The van der Waals surface area contributed by atoms with Crippen LogP contribution in [0, 0.1) is 0 Å². The average molecular weight is 287 g/mol. The van der Waals surface area contributed by atoms with E-state index in [4.69, 9.17) is 14.2 Å². The number of ether oxygens (including phenoxy) is 3. The maximum absolute atomic E-state index is 11.6. The number of amides is 1. The van der Waals surface area contributed by atoms with Crippen molar-refractivity contribution >= 4 is 23.8 Å². The number of rotatable bonds is 6. The third-order valence-corrected chi connectivity index (χ3v) is 2.50. The Labute approximate surface area is 115 Å². The van der Waals surface area contributed by atoms with Gasteiger partial charge in [0.1, 0.15) is 19.3 Å². The molecule has 1 amide bonds. The van der Waals surface area contributed by atoms with Crippen LogP contribution in [-0.4, -0.2) is 49.2 Å². The number of hydrogen-bond donors (Lipinski definition) is 1. The Hall–Kier alpha value is -2.12. The normalized spacial score (nSPS) is 18.9. The van der Waals surface area contributed by atoms with E-state index in [9.17, 15) is 19.2 Å². The van der Waals surface area contributed by atoms with Crippen molar-refractivity contribution in [3.8, 4) is 0 Å². The topological polar surface area (TPSA) is 108 Å². The van der Waals surface area contributed by atoms with Gasteiger partial charge in [-0.3, -0.25) is 14.4 Å². The van der Waals surface area contributed by atoms with Crippen LogP contribution in [0.25, 0.3) is 0 Å². The van der Waals surface area contributed by atoms with Crippen LogP contribution in [0.15, 0.2) is 0 Å². The van der Waals surface area contributed by atoms with Gasteiger partial charge in [-0.1, -0.05) is 0 Å². The lowest BCUT2D eigenvalue weighted by atomic mass is 10.2. The fraction of sp³-hybridized carbons (Fsp3) is 0.667. The van der Waals surface area contributed by atoms with E-state index >= 15 is 0 Å². The first-order valence-corrected chi connectivity index (χ1v) is 6.15. The highest BCUT2D eigenvalue weighted by Crippen LogP contribution is 2.08. The summed E-state index contributed by atoms with van der Waals surface area (Å²) in [6, 6.07) is -0.672.